The van der Waals surface area contributed by atoms with Crippen molar-refractivity contribution < 1.29 is 4.79 Å². The van der Waals surface area contributed by atoms with Crippen LogP contribution in [0.25, 0.3) is 0 Å². The van der Waals surface area contributed by atoms with Gasteiger partial charge < -0.3 is 10.6 Å². The summed E-state index contributed by atoms with van der Waals surface area (Å²) in [7, 11) is 0. The molecule has 0 heterocycles. The van der Waals surface area contributed by atoms with Crippen LogP contribution in [-0.4, -0.2) is 28.9 Å². The molecule has 5 heteroatoms. The summed E-state index contributed by atoms with van der Waals surface area (Å²) in [4.78, 5) is 14.5. The number of nitrogens with two attached hydrogens (primary N) is 1. The van der Waals surface area contributed by atoms with Crippen LogP contribution in [0, 0.1) is 9.49 Å². The molecular formula is C13H17IN2OS. The Morgan fingerprint density at radius 1 is 1.44 bits per heavy atom. The lowest BCUT2D eigenvalue weighted by atomic mass is 10.1. The van der Waals surface area contributed by atoms with Gasteiger partial charge >= 0.3 is 0 Å². The molecule has 0 aliphatic rings. The molecule has 1 amide bonds. The summed E-state index contributed by atoms with van der Waals surface area (Å²) in [6.45, 7) is 5.11. The van der Waals surface area contributed by atoms with Crippen molar-refractivity contribution in [1.82, 2.24) is 4.90 Å². The Balaban J connectivity index is 2.79. The van der Waals surface area contributed by atoms with Gasteiger partial charge in [0.05, 0.1) is 4.99 Å². The highest BCUT2D eigenvalue weighted by molar-refractivity contribution is 14.1. The third-order valence-electron chi connectivity index (χ3n) is 2.74. The number of nitrogens with zero attached hydrogens (tertiary/aromatic N) is 1. The molecule has 1 unspecified atom stereocenters. The number of benzene rings is 1. The highest BCUT2D eigenvalue weighted by Crippen LogP contribution is 2.11. The summed E-state index contributed by atoms with van der Waals surface area (Å²) in [5, 5.41) is 0. The zero-order chi connectivity index (χ0) is 13.7. The normalized spacial score (nSPS) is 11.9. The first-order valence-corrected chi connectivity index (χ1v) is 7.28. The van der Waals surface area contributed by atoms with Crippen molar-refractivity contribution in [2.45, 2.75) is 13.8 Å². The third kappa shape index (κ3) is 4.20. The van der Waals surface area contributed by atoms with Crippen molar-refractivity contribution >= 4 is 45.7 Å². The van der Waals surface area contributed by atoms with E-state index in [0.29, 0.717) is 23.6 Å². The monoisotopic (exact) mass is 376 g/mol. The molecule has 1 aromatic carbocycles. The van der Waals surface area contributed by atoms with Gasteiger partial charge in [0.25, 0.3) is 5.91 Å². The second-order valence-electron chi connectivity index (χ2n) is 4.15. The highest BCUT2D eigenvalue weighted by atomic mass is 127. The first kappa shape index (κ1) is 15.4. The van der Waals surface area contributed by atoms with Crippen LogP contribution in [0.4, 0.5) is 0 Å². The maximum atomic E-state index is 12.3. The molecule has 0 aliphatic heterocycles. The van der Waals surface area contributed by atoms with E-state index in [2.05, 4.69) is 22.6 Å². The van der Waals surface area contributed by atoms with E-state index in [1.54, 1.807) is 4.90 Å². The molecule has 0 saturated heterocycles. The van der Waals surface area contributed by atoms with E-state index in [4.69, 9.17) is 18.0 Å². The van der Waals surface area contributed by atoms with Crippen LogP contribution in [0.3, 0.4) is 0 Å². The summed E-state index contributed by atoms with van der Waals surface area (Å²) in [6.07, 6.45) is 0. The number of rotatable bonds is 5. The summed E-state index contributed by atoms with van der Waals surface area (Å²) in [5.74, 6) is 0.0600. The van der Waals surface area contributed by atoms with Crippen LogP contribution in [0.2, 0.25) is 0 Å². The van der Waals surface area contributed by atoms with Crippen LogP contribution >= 0.6 is 34.8 Å². The van der Waals surface area contributed by atoms with Gasteiger partial charge in [-0.15, -0.1) is 0 Å². The van der Waals surface area contributed by atoms with Crippen LogP contribution in [0.15, 0.2) is 24.3 Å². The van der Waals surface area contributed by atoms with E-state index in [-0.39, 0.29) is 11.8 Å². The van der Waals surface area contributed by atoms with Crippen molar-refractivity contribution in [2.24, 2.45) is 11.7 Å². The number of thiocarbonyl (C=S) groups is 1. The summed E-state index contributed by atoms with van der Waals surface area (Å²) in [6, 6.07) is 7.55. The number of carbonyl (C=O) groups is 1. The molecule has 1 rings (SSSR count). The van der Waals surface area contributed by atoms with E-state index in [0.717, 1.165) is 3.57 Å². The van der Waals surface area contributed by atoms with Crippen molar-refractivity contribution in [3.63, 3.8) is 0 Å². The molecule has 3 nitrogen and oxygen atoms in total. The molecule has 0 aliphatic carbocycles. The Kier molecular flexibility index (Phi) is 6.01. The van der Waals surface area contributed by atoms with Gasteiger partial charge in [-0.05, 0) is 53.8 Å². The largest absolute Gasteiger partial charge is 0.393 e. The zero-order valence-corrected chi connectivity index (χ0v) is 13.5. The quantitative estimate of drug-likeness (QED) is 0.635. The molecule has 0 saturated carbocycles. The number of hydrogen-bond acceptors (Lipinski definition) is 2. The van der Waals surface area contributed by atoms with Crippen LogP contribution in [-0.2, 0) is 0 Å². The molecule has 0 aromatic heterocycles. The van der Waals surface area contributed by atoms with E-state index in [1.165, 1.54) is 0 Å². The molecule has 0 bridgehead atoms. The first-order valence-electron chi connectivity index (χ1n) is 5.79. The second kappa shape index (κ2) is 7.04. The lowest BCUT2D eigenvalue weighted by Crippen LogP contribution is -2.38. The van der Waals surface area contributed by atoms with Crippen molar-refractivity contribution in [3.8, 4) is 0 Å². The maximum absolute atomic E-state index is 12.3. The molecule has 18 heavy (non-hydrogen) atoms. The minimum Gasteiger partial charge on any atom is -0.393 e. The van der Waals surface area contributed by atoms with Gasteiger partial charge in [-0.25, -0.2) is 0 Å². The first-order chi connectivity index (χ1) is 8.45. The molecule has 0 radical (unpaired) electrons. The van der Waals surface area contributed by atoms with Gasteiger partial charge in [-0.2, -0.15) is 0 Å². The van der Waals surface area contributed by atoms with Gasteiger partial charge in [0.1, 0.15) is 0 Å². The van der Waals surface area contributed by atoms with Crippen LogP contribution in [0.1, 0.15) is 24.2 Å². The maximum Gasteiger partial charge on any atom is 0.253 e. The molecule has 0 fully saturated rings. The molecule has 1 aromatic rings. The lowest BCUT2D eigenvalue weighted by Gasteiger charge is -2.24. The van der Waals surface area contributed by atoms with Gasteiger partial charge in [-0.3, -0.25) is 4.79 Å². The standard InChI is InChI=1S/C13H17IN2OS/c1-3-16(8-9(2)12(15)18)13(17)10-4-6-11(14)7-5-10/h4-7,9H,3,8H2,1-2H3,(H2,15,18). The fourth-order valence-electron chi connectivity index (χ4n) is 1.55. The second-order valence-corrected chi connectivity index (χ2v) is 5.87. The van der Waals surface area contributed by atoms with Crippen molar-refractivity contribution in [1.29, 1.82) is 0 Å². The minimum absolute atomic E-state index is 0.0250. The fraction of sp³-hybridized carbons (Fsp3) is 0.385. The zero-order valence-electron chi connectivity index (χ0n) is 10.5. The third-order valence-corrected chi connectivity index (χ3v) is 3.86. The van der Waals surface area contributed by atoms with Gasteiger partial charge in [0.15, 0.2) is 0 Å². The van der Waals surface area contributed by atoms with Gasteiger partial charge in [0.2, 0.25) is 0 Å². The number of hydrogen-bond donors (Lipinski definition) is 1. The lowest BCUT2D eigenvalue weighted by molar-refractivity contribution is 0.0755. The predicted octanol–water partition coefficient (Wildman–Crippen LogP) is 2.68. The number of carbonyl (C=O) groups excluding carboxylic acids is 1. The number of amides is 1. The van der Waals surface area contributed by atoms with Crippen molar-refractivity contribution in [2.75, 3.05) is 13.1 Å². The molecule has 2 N–H and O–H groups in total. The summed E-state index contributed by atoms with van der Waals surface area (Å²) in [5.41, 5.74) is 6.29. The topological polar surface area (TPSA) is 46.3 Å². The SMILES string of the molecule is CCN(CC(C)C(N)=S)C(=O)c1ccc(I)cc1. The number of halogens is 1. The Morgan fingerprint density at radius 3 is 2.44 bits per heavy atom. The van der Waals surface area contributed by atoms with E-state index >= 15 is 0 Å². The Morgan fingerprint density at radius 2 is 2.00 bits per heavy atom. The molecule has 0 spiro atoms. The fourth-order valence-corrected chi connectivity index (χ4v) is 1.99. The van der Waals surface area contributed by atoms with Crippen molar-refractivity contribution in [3.05, 3.63) is 33.4 Å². The Bertz CT molecular complexity index is 433. The minimum atomic E-state index is 0.0250. The summed E-state index contributed by atoms with van der Waals surface area (Å²) >= 11 is 7.16. The molecule has 98 valence electrons. The van der Waals surface area contributed by atoms with E-state index in [9.17, 15) is 4.79 Å². The van der Waals surface area contributed by atoms with E-state index < -0.39 is 0 Å². The van der Waals surface area contributed by atoms with E-state index in [1.807, 2.05) is 38.1 Å². The van der Waals surface area contributed by atoms with Crippen LogP contribution < -0.4 is 5.73 Å². The molecule has 1 atom stereocenters. The average molecular weight is 376 g/mol. The Hall–Kier alpha value is -0.690. The molecular weight excluding hydrogens is 359 g/mol. The summed E-state index contributed by atoms with van der Waals surface area (Å²) < 4.78 is 1.11. The van der Waals surface area contributed by atoms with Gasteiger partial charge in [0, 0.05) is 28.1 Å². The van der Waals surface area contributed by atoms with Crippen LogP contribution in [0.5, 0.6) is 0 Å². The van der Waals surface area contributed by atoms with Gasteiger partial charge in [-0.1, -0.05) is 19.1 Å². The highest BCUT2D eigenvalue weighted by Gasteiger charge is 2.17. The predicted molar refractivity (Wildman–Crippen MR) is 86.7 cm³/mol. The smallest absolute Gasteiger partial charge is 0.253 e. The average Bonchev–Trinajstić information content (AvgIpc) is 2.35. The Labute approximate surface area is 127 Å².